The van der Waals surface area contributed by atoms with Crippen molar-refractivity contribution in [3.8, 4) is 0 Å². The molecular weight excluding hydrogens is 295 g/mol. The van der Waals surface area contributed by atoms with Gasteiger partial charge in [-0.3, -0.25) is 0 Å². The first-order chi connectivity index (χ1) is 8.38. The van der Waals surface area contributed by atoms with Crippen LogP contribution in [0, 0.1) is 0 Å². The molecule has 0 atom stereocenters. The van der Waals surface area contributed by atoms with Gasteiger partial charge in [0.25, 0.3) is 0 Å². The van der Waals surface area contributed by atoms with E-state index in [1.807, 2.05) is 0 Å². The van der Waals surface area contributed by atoms with Gasteiger partial charge in [-0.2, -0.15) is 35.1 Å². The monoisotopic (exact) mass is 304 g/mol. The number of hydrogen-bond acceptors (Lipinski definition) is 1. The van der Waals surface area contributed by atoms with Gasteiger partial charge < -0.3 is 4.74 Å². The summed E-state index contributed by atoms with van der Waals surface area (Å²) >= 11 is 0. The van der Waals surface area contributed by atoms with E-state index in [-0.39, 0.29) is 6.42 Å². The number of rotatable bonds is 6. The Hall–Kier alpha value is -0.930. The molecule has 0 aliphatic carbocycles. The Labute approximate surface area is 102 Å². The molecule has 0 radical (unpaired) electrons. The van der Waals surface area contributed by atoms with Gasteiger partial charge >= 0.3 is 18.2 Å². The molecule has 0 saturated heterocycles. The van der Waals surface area contributed by atoms with Gasteiger partial charge in [0.05, 0.1) is 6.61 Å². The first kappa shape index (κ1) is 18.1. The summed E-state index contributed by atoms with van der Waals surface area (Å²) in [5.74, 6) is -13.9. The highest BCUT2D eigenvalue weighted by Gasteiger charge is 2.64. The molecule has 1 nitrogen and oxygen atoms in total. The molecule has 19 heavy (non-hydrogen) atoms. The highest BCUT2D eigenvalue weighted by Crippen LogP contribution is 2.45. The second-order valence-electron chi connectivity index (χ2n) is 3.42. The Balaban J connectivity index is 5.22. The van der Waals surface area contributed by atoms with Crippen molar-refractivity contribution in [3.63, 3.8) is 0 Å². The Morgan fingerprint density at radius 3 is 1.74 bits per heavy atom. The fourth-order valence-corrected chi connectivity index (χ4v) is 0.798. The van der Waals surface area contributed by atoms with Crippen LogP contribution in [0.5, 0.6) is 0 Å². The van der Waals surface area contributed by atoms with Crippen molar-refractivity contribution in [2.24, 2.45) is 0 Å². The van der Waals surface area contributed by atoms with Gasteiger partial charge in [-0.15, -0.1) is 0 Å². The van der Waals surface area contributed by atoms with Crippen molar-refractivity contribution >= 4 is 0 Å². The van der Waals surface area contributed by atoms with E-state index in [0.717, 1.165) is 0 Å². The molecule has 0 N–H and O–H groups in total. The van der Waals surface area contributed by atoms with E-state index in [1.165, 1.54) is 6.92 Å². The smallest absolute Gasteiger partial charge is 0.315 e. The number of ether oxygens (including phenoxy) is 1. The molecule has 0 heterocycles. The van der Waals surface area contributed by atoms with Crippen LogP contribution < -0.4 is 0 Å². The molecule has 0 saturated carbocycles. The minimum atomic E-state index is -6.53. The first-order valence-corrected chi connectivity index (χ1v) is 4.90. The maximum absolute atomic E-state index is 12.7. The van der Waals surface area contributed by atoms with E-state index in [2.05, 4.69) is 4.74 Å². The van der Waals surface area contributed by atoms with E-state index in [1.54, 1.807) is 0 Å². The minimum absolute atomic E-state index is 0.0415. The van der Waals surface area contributed by atoms with Gasteiger partial charge in [-0.05, 0) is 6.42 Å². The summed E-state index contributed by atoms with van der Waals surface area (Å²) in [6.07, 6.45) is -11.5. The zero-order valence-electron chi connectivity index (χ0n) is 9.43. The summed E-state index contributed by atoms with van der Waals surface area (Å²) in [5.41, 5.74) is 0. The van der Waals surface area contributed by atoms with Crippen molar-refractivity contribution in [1.29, 1.82) is 0 Å². The zero-order valence-corrected chi connectivity index (χ0v) is 9.43. The number of halogens is 9. The van der Waals surface area contributed by atoms with Gasteiger partial charge in [0.15, 0.2) is 0 Å². The first-order valence-electron chi connectivity index (χ1n) is 4.90. The van der Waals surface area contributed by atoms with Crippen molar-refractivity contribution in [2.45, 2.75) is 38.0 Å². The SMILES string of the molecule is CCCCOC(F)(F)C(F)=C(F)C(F)(F)C(F)(F)F. The fraction of sp³-hybridized carbons (Fsp3) is 0.778. The summed E-state index contributed by atoms with van der Waals surface area (Å²) in [6.45, 7) is 0.688. The van der Waals surface area contributed by atoms with E-state index in [9.17, 15) is 39.5 Å². The van der Waals surface area contributed by atoms with Crippen molar-refractivity contribution in [2.75, 3.05) is 6.61 Å². The molecule has 0 amide bonds. The molecule has 0 aliphatic heterocycles. The number of allylic oxidation sites excluding steroid dienone is 1. The maximum Gasteiger partial charge on any atom is 0.460 e. The minimum Gasteiger partial charge on any atom is -0.315 e. The maximum atomic E-state index is 12.7. The van der Waals surface area contributed by atoms with Crippen LogP contribution in [0.1, 0.15) is 19.8 Å². The molecule has 0 bridgehead atoms. The number of alkyl halides is 7. The molecule has 10 heteroatoms. The highest BCUT2D eigenvalue weighted by atomic mass is 19.4. The molecule has 0 aromatic rings. The summed E-state index contributed by atoms with van der Waals surface area (Å²) < 4.78 is 114. The van der Waals surface area contributed by atoms with E-state index in [0.29, 0.717) is 6.42 Å². The molecule has 0 rings (SSSR count). The van der Waals surface area contributed by atoms with Gasteiger partial charge in [-0.1, -0.05) is 13.3 Å². The largest absolute Gasteiger partial charge is 0.460 e. The normalized spacial score (nSPS) is 15.5. The van der Waals surface area contributed by atoms with Crippen LogP contribution in [0.2, 0.25) is 0 Å². The molecule has 0 spiro atoms. The molecule has 114 valence electrons. The Morgan fingerprint density at radius 2 is 1.37 bits per heavy atom. The van der Waals surface area contributed by atoms with Crippen LogP contribution >= 0.6 is 0 Å². The second-order valence-corrected chi connectivity index (χ2v) is 3.42. The van der Waals surface area contributed by atoms with E-state index < -0.39 is 36.5 Å². The van der Waals surface area contributed by atoms with Crippen LogP contribution in [0.15, 0.2) is 11.7 Å². The highest BCUT2D eigenvalue weighted by molar-refractivity contribution is 5.16. The molecule has 0 fully saturated rings. The van der Waals surface area contributed by atoms with Crippen LogP contribution in [0.3, 0.4) is 0 Å². The van der Waals surface area contributed by atoms with Crippen LogP contribution in [0.4, 0.5) is 39.5 Å². The van der Waals surface area contributed by atoms with Gasteiger partial charge in [0, 0.05) is 0 Å². The zero-order chi connectivity index (χ0) is 15.5. The summed E-state index contributed by atoms with van der Waals surface area (Å²) in [4.78, 5) is 0. The standard InChI is InChI=1S/C9H9F9O/c1-2-3-4-19-8(14,15)6(11)5(10)7(12,13)9(16,17)18/h2-4H2,1H3. The fourth-order valence-electron chi connectivity index (χ4n) is 0.798. The third kappa shape index (κ3) is 4.29. The van der Waals surface area contributed by atoms with Gasteiger partial charge in [0.2, 0.25) is 11.7 Å². The van der Waals surface area contributed by atoms with Gasteiger partial charge in [-0.25, -0.2) is 4.39 Å². The molecule has 0 unspecified atom stereocenters. The molecule has 0 aromatic carbocycles. The molecule has 0 aliphatic rings. The van der Waals surface area contributed by atoms with E-state index in [4.69, 9.17) is 0 Å². The summed E-state index contributed by atoms with van der Waals surface area (Å²) in [7, 11) is 0. The molecular formula is C9H9F9O. The summed E-state index contributed by atoms with van der Waals surface area (Å²) in [5, 5.41) is 0. The number of unbranched alkanes of at least 4 members (excludes halogenated alkanes) is 1. The van der Waals surface area contributed by atoms with Crippen LogP contribution in [0.25, 0.3) is 0 Å². The quantitative estimate of drug-likeness (QED) is 0.508. The lowest BCUT2D eigenvalue weighted by Gasteiger charge is -2.21. The van der Waals surface area contributed by atoms with Crippen molar-refractivity contribution in [1.82, 2.24) is 0 Å². The average Bonchev–Trinajstić information content (AvgIpc) is 2.25. The van der Waals surface area contributed by atoms with Crippen molar-refractivity contribution in [3.05, 3.63) is 11.7 Å². The van der Waals surface area contributed by atoms with Crippen LogP contribution in [-0.2, 0) is 4.74 Å². The third-order valence-electron chi connectivity index (χ3n) is 1.86. The average molecular weight is 304 g/mol. The lowest BCUT2D eigenvalue weighted by Crippen LogP contribution is -2.39. The predicted octanol–water partition coefficient (Wildman–Crippen LogP) is 4.74. The second kappa shape index (κ2) is 6.02. The predicted molar refractivity (Wildman–Crippen MR) is 46.1 cm³/mol. The Kier molecular flexibility index (Phi) is 5.72. The number of hydrogen-bond donors (Lipinski definition) is 0. The lowest BCUT2D eigenvalue weighted by molar-refractivity contribution is -0.276. The topological polar surface area (TPSA) is 9.23 Å². The third-order valence-corrected chi connectivity index (χ3v) is 1.86. The van der Waals surface area contributed by atoms with Crippen molar-refractivity contribution < 1.29 is 44.3 Å². The Morgan fingerprint density at radius 1 is 0.895 bits per heavy atom. The molecule has 0 aromatic heterocycles. The summed E-state index contributed by atoms with van der Waals surface area (Å²) in [6, 6.07) is 0. The van der Waals surface area contributed by atoms with Crippen LogP contribution in [-0.4, -0.2) is 24.8 Å². The lowest BCUT2D eigenvalue weighted by atomic mass is 10.2. The van der Waals surface area contributed by atoms with E-state index >= 15 is 0 Å². The Bertz CT molecular complexity index is 331. The van der Waals surface area contributed by atoms with Gasteiger partial charge in [0.1, 0.15) is 0 Å².